The van der Waals surface area contributed by atoms with E-state index in [0.717, 1.165) is 23.5 Å². The average molecular weight is 291 g/mol. The van der Waals surface area contributed by atoms with Crippen LogP contribution in [-0.2, 0) is 5.41 Å². The third kappa shape index (κ3) is 3.80. The summed E-state index contributed by atoms with van der Waals surface area (Å²) in [5, 5.41) is 3.18. The highest BCUT2D eigenvalue weighted by Crippen LogP contribution is 2.36. The number of ether oxygens (including phenoxy) is 2. The van der Waals surface area contributed by atoms with Crippen LogP contribution in [0.15, 0.2) is 23.2 Å². The fourth-order valence-corrected chi connectivity index (χ4v) is 2.09. The number of hydrogen-bond donors (Lipinski definition) is 2. The van der Waals surface area contributed by atoms with Gasteiger partial charge in [-0.3, -0.25) is 4.99 Å². The Kier molecular flexibility index (Phi) is 4.60. The second kappa shape index (κ2) is 6.24. The van der Waals surface area contributed by atoms with E-state index in [1.807, 2.05) is 12.1 Å². The van der Waals surface area contributed by atoms with Gasteiger partial charge in [-0.1, -0.05) is 26.8 Å². The van der Waals surface area contributed by atoms with E-state index < -0.39 is 0 Å². The standard InChI is InChI=1S/C16H25N3O2/c1-5-11(2)19-15(17)18-9-16(3,4)12-6-7-13-14(8-12)21-10-20-13/h6-8,11H,5,9-10H2,1-4H3,(H3,17,18,19). The number of nitrogens with two attached hydrogens (primary N) is 1. The van der Waals surface area contributed by atoms with Crippen molar-refractivity contribution in [1.82, 2.24) is 5.32 Å². The van der Waals surface area contributed by atoms with Gasteiger partial charge in [0.2, 0.25) is 6.79 Å². The van der Waals surface area contributed by atoms with Crippen molar-refractivity contribution in [2.75, 3.05) is 13.3 Å². The number of nitrogens with one attached hydrogen (secondary N) is 1. The fourth-order valence-electron chi connectivity index (χ4n) is 2.09. The Labute approximate surface area is 126 Å². The highest BCUT2D eigenvalue weighted by Gasteiger charge is 2.24. The van der Waals surface area contributed by atoms with Crippen LogP contribution in [0.3, 0.4) is 0 Å². The van der Waals surface area contributed by atoms with Crippen LogP contribution in [0.1, 0.15) is 39.7 Å². The molecule has 0 radical (unpaired) electrons. The third-order valence-electron chi connectivity index (χ3n) is 3.81. The minimum Gasteiger partial charge on any atom is -0.454 e. The summed E-state index contributed by atoms with van der Waals surface area (Å²) >= 11 is 0. The summed E-state index contributed by atoms with van der Waals surface area (Å²) in [6.07, 6.45) is 1.02. The molecule has 5 heteroatoms. The number of aliphatic imine (C=N–C) groups is 1. The molecule has 2 rings (SSSR count). The van der Waals surface area contributed by atoms with Crippen LogP contribution >= 0.6 is 0 Å². The summed E-state index contributed by atoms with van der Waals surface area (Å²) in [5.74, 6) is 2.10. The second-order valence-corrected chi connectivity index (χ2v) is 6.11. The summed E-state index contributed by atoms with van der Waals surface area (Å²) in [7, 11) is 0. The SMILES string of the molecule is CCC(C)NC(N)=NCC(C)(C)c1ccc2c(c1)OCO2. The predicted octanol–water partition coefficient (Wildman–Crippen LogP) is 2.40. The quantitative estimate of drug-likeness (QED) is 0.645. The van der Waals surface area contributed by atoms with E-state index in [1.165, 1.54) is 0 Å². The minimum absolute atomic E-state index is 0.122. The predicted molar refractivity (Wildman–Crippen MR) is 85.0 cm³/mol. The van der Waals surface area contributed by atoms with Gasteiger partial charge in [0.1, 0.15) is 0 Å². The molecule has 0 aliphatic carbocycles. The number of guanidine groups is 1. The Morgan fingerprint density at radius 1 is 1.38 bits per heavy atom. The monoisotopic (exact) mass is 291 g/mol. The van der Waals surface area contributed by atoms with Crippen molar-refractivity contribution in [3.63, 3.8) is 0 Å². The van der Waals surface area contributed by atoms with E-state index in [-0.39, 0.29) is 5.41 Å². The van der Waals surface area contributed by atoms with Crippen LogP contribution in [0, 0.1) is 0 Å². The maximum atomic E-state index is 5.92. The summed E-state index contributed by atoms with van der Waals surface area (Å²) < 4.78 is 10.8. The van der Waals surface area contributed by atoms with Crippen molar-refractivity contribution < 1.29 is 9.47 Å². The number of hydrogen-bond acceptors (Lipinski definition) is 3. The zero-order chi connectivity index (χ0) is 15.5. The molecule has 1 aromatic carbocycles. The van der Waals surface area contributed by atoms with Gasteiger partial charge in [-0.2, -0.15) is 0 Å². The molecule has 1 unspecified atom stereocenters. The van der Waals surface area contributed by atoms with E-state index in [0.29, 0.717) is 25.3 Å². The highest BCUT2D eigenvalue weighted by molar-refractivity contribution is 5.78. The van der Waals surface area contributed by atoms with Gasteiger partial charge in [-0.25, -0.2) is 0 Å². The van der Waals surface area contributed by atoms with Gasteiger partial charge in [0, 0.05) is 11.5 Å². The Balaban J connectivity index is 2.06. The summed E-state index contributed by atoms with van der Waals surface area (Å²) in [6.45, 7) is 9.40. The third-order valence-corrected chi connectivity index (χ3v) is 3.81. The van der Waals surface area contributed by atoms with Crippen LogP contribution in [0.25, 0.3) is 0 Å². The van der Waals surface area contributed by atoms with E-state index in [1.54, 1.807) is 0 Å². The van der Waals surface area contributed by atoms with Gasteiger partial charge in [-0.05, 0) is 31.0 Å². The molecule has 0 fully saturated rings. The summed E-state index contributed by atoms with van der Waals surface area (Å²) in [4.78, 5) is 4.46. The maximum Gasteiger partial charge on any atom is 0.231 e. The minimum atomic E-state index is -0.122. The zero-order valence-electron chi connectivity index (χ0n) is 13.3. The van der Waals surface area contributed by atoms with Gasteiger partial charge in [0.15, 0.2) is 17.5 Å². The van der Waals surface area contributed by atoms with Crippen LogP contribution < -0.4 is 20.5 Å². The Morgan fingerprint density at radius 3 is 2.81 bits per heavy atom. The normalized spacial score (nSPS) is 15.9. The number of nitrogens with zero attached hydrogens (tertiary/aromatic N) is 1. The molecule has 1 aliphatic rings. The lowest BCUT2D eigenvalue weighted by molar-refractivity contribution is 0.174. The lowest BCUT2D eigenvalue weighted by atomic mass is 9.84. The van der Waals surface area contributed by atoms with Crippen molar-refractivity contribution in [2.24, 2.45) is 10.7 Å². The first kappa shape index (κ1) is 15.5. The van der Waals surface area contributed by atoms with Crippen molar-refractivity contribution in [3.8, 4) is 11.5 Å². The zero-order valence-corrected chi connectivity index (χ0v) is 13.3. The van der Waals surface area contributed by atoms with Crippen molar-refractivity contribution in [3.05, 3.63) is 23.8 Å². The molecular formula is C16H25N3O2. The molecule has 0 saturated carbocycles. The van der Waals surface area contributed by atoms with Crippen molar-refractivity contribution >= 4 is 5.96 Å². The van der Waals surface area contributed by atoms with Gasteiger partial charge in [-0.15, -0.1) is 0 Å². The Bertz CT molecular complexity index is 526. The lowest BCUT2D eigenvalue weighted by Gasteiger charge is -2.24. The van der Waals surface area contributed by atoms with Crippen LogP contribution in [-0.4, -0.2) is 25.3 Å². The molecule has 1 aromatic rings. The van der Waals surface area contributed by atoms with Crippen LogP contribution in [0.4, 0.5) is 0 Å². The molecule has 1 heterocycles. The first-order valence-electron chi connectivity index (χ1n) is 7.39. The highest BCUT2D eigenvalue weighted by atomic mass is 16.7. The second-order valence-electron chi connectivity index (χ2n) is 6.11. The molecule has 116 valence electrons. The number of benzene rings is 1. The molecule has 0 saturated heterocycles. The first-order chi connectivity index (χ1) is 9.92. The Morgan fingerprint density at radius 2 is 2.10 bits per heavy atom. The van der Waals surface area contributed by atoms with E-state index in [9.17, 15) is 0 Å². The molecule has 1 atom stereocenters. The van der Waals surface area contributed by atoms with Crippen molar-refractivity contribution in [1.29, 1.82) is 0 Å². The summed E-state index contributed by atoms with van der Waals surface area (Å²) in [5.41, 5.74) is 6.96. The van der Waals surface area contributed by atoms with E-state index in [4.69, 9.17) is 15.2 Å². The summed E-state index contributed by atoms with van der Waals surface area (Å²) in [6, 6.07) is 6.36. The molecule has 0 amide bonds. The van der Waals surface area contributed by atoms with Gasteiger partial charge >= 0.3 is 0 Å². The smallest absolute Gasteiger partial charge is 0.231 e. The fraction of sp³-hybridized carbons (Fsp3) is 0.562. The maximum absolute atomic E-state index is 5.92. The van der Waals surface area contributed by atoms with Gasteiger partial charge in [0.05, 0.1) is 6.54 Å². The molecule has 21 heavy (non-hydrogen) atoms. The van der Waals surface area contributed by atoms with Crippen molar-refractivity contribution in [2.45, 2.75) is 45.6 Å². The largest absolute Gasteiger partial charge is 0.454 e. The molecule has 1 aliphatic heterocycles. The molecule has 3 N–H and O–H groups in total. The topological polar surface area (TPSA) is 68.9 Å². The molecule has 0 spiro atoms. The number of fused-ring (bicyclic) bond motifs is 1. The van der Waals surface area contributed by atoms with Crippen LogP contribution in [0.2, 0.25) is 0 Å². The first-order valence-corrected chi connectivity index (χ1v) is 7.39. The number of rotatable bonds is 5. The van der Waals surface area contributed by atoms with E-state index >= 15 is 0 Å². The van der Waals surface area contributed by atoms with E-state index in [2.05, 4.69) is 44.1 Å². The molecule has 0 bridgehead atoms. The molecular weight excluding hydrogens is 266 g/mol. The average Bonchev–Trinajstić information content (AvgIpc) is 2.92. The van der Waals surface area contributed by atoms with Crippen LogP contribution in [0.5, 0.6) is 11.5 Å². The lowest BCUT2D eigenvalue weighted by Crippen LogP contribution is -2.39. The Hall–Kier alpha value is -1.91. The molecule has 0 aromatic heterocycles. The molecule has 5 nitrogen and oxygen atoms in total. The van der Waals surface area contributed by atoms with Gasteiger partial charge in [0.25, 0.3) is 0 Å². The van der Waals surface area contributed by atoms with Gasteiger partial charge < -0.3 is 20.5 Å².